The zero-order chi connectivity index (χ0) is 12.8. The summed E-state index contributed by atoms with van der Waals surface area (Å²) in [6, 6.07) is 9.37. The van der Waals surface area contributed by atoms with Crippen LogP contribution in [0, 0.1) is 0 Å². The molecule has 1 aromatic rings. The number of benzene rings is 1. The summed E-state index contributed by atoms with van der Waals surface area (Å²) in [5.41, 5.74) is 1.14. The van der Waals surface area contributed by atoms with Crippen molar-refractivity contribution >= 4 is 17.9 Å². The van der Waals surface area contributed by atoms with Crippen LogP contribution in [-0.2, 0) is 9.59 Å². The molecule has 0 spiro atoms. The normalized spacial score (nSPS) is 10.9. The van der Waals surface area contributed by atoms with Gasteiger partial charge in [0.1, 0.15) is 5.70 Å². The second-order valence-corrected chi connectivity index (χ2v) is 3.85. The first-order chi connectivity index (χ1) is 8.00. The van der Waals surface area contributed by atoms with E-state index in [-0.39, 0.29) is 17.5 Å². The minimum absolute atomic E-state index is 0.232. The van der Waals surface area contributed by atoms with Crippen molar-refractivity contribution in [1.29, 1.82) is 0 Å². The minimum atomic E-state index is -0.262. The molecule has 0 saturated heterocycles. The Balaban J connectivity index is 3.02. The van der Waals surface area contributed by atoms with Gasteiger partial charge in [0.25, 0.3) is 5.91 Å². The van der Waals surface area contributed by atoms with Crippen molar-refractivity contribution in [2.45, 2.75) is 6.92 Å². The summed E-state index contributed by atoms with van der Waals surface area (Å²) < 4.78 is 0. The van der Waals surface area contributed by atoms with Crippen LogP contribution in [0.1, 0.15) is 12.5 Å². The Morgan fingerprint density at radius 2 is 1.76 bits per heavy atom. The lowest BCUT2D eigenvalue weighted by Crippen LogP contribution is -2.33. The Morgan fingerprint density at radius 3 is 2.24 bits per heavy atom. The average molecular weight is 232 g/mol. The van der Waals surface area contributed by atoms with Crippen LogP contribution in [0.5, 0.6) is 0 Å². The lowest BCUT2D eigenvalue weighted by atomic mass is 10.2. The molecular formula is C13H16N2O2. The molecule has 0 heterocycles. The molecule has 1 aromatic carbocycles. The van der Waals surface area contributed by atoms with E-state index in [9.17, 15) is 9.59 Å². The third-order valence-corrected chi connectivity index (χ3v) is 2.06. The third-order valence-electron chi connectivity index (χ3n) is 2.06. The molecule has 2 amide bonds. The first kappa shape index (κ1) is 13.0. The van der Waals surface area contributed by atoms with E-state index in [1.165, 1.54) is 11.8 Å². The van der Waals surface area contributed by atoms with E-state index in [0.717, 1.165) is 5.56 Å². The number of hydrogen-bond acceptors (Lipinski definition) is 2. The molecule has 0 fully saturated rings. The number of hydrogen-bond donors (Lipinski definition) is 1. The Kier molecular flexibility index (Phi) is 4.46. The first-order valence-corrected chi connectivity index (χ1v) is 5.26. The number of carbonyl (C=O) groups excluding carboxylic acids is 2. The van der Waals surface area contributed by atoms with Crippen LogP contribution < -0.4 is 5.32 Å². The van der Waals surface area contributed by atoms with Gasteiger partial charge in [0, 0.05) is 21.0 Å². The fraction of sp³-hybridized carbons (Fsp3) is 0.231. The van der Waals surface area contributed by atoms with Crippen molar-refractivity contribution in [1.82, 2.24) is 10.2 Å². The number of amides is 2. The van der Waals surface area contributed by atoms with E-state index < -0.39 is 0 Å². The molecule has 0 bridgehead atoms. The van der Waals surface area contributed by atoms with Crippen LogP contribution >= 0.6 is 0 Å². The van der Waals surface area contributed by atoms with Crippen molar-refractivity contribution in [2.75, 3.05) is 14.1 Å². The van der Waals surface area contributed by atoms with Gasteiger partial charge in [0.2, 0.25) is 5.91 Å². The lowest BCUT2D eigenvalue weighted by Gasteiger charge is -2.13. The molecule has 4 heteroatoms. The molecule has 0 atom stereocenters. The summed E-state index contributed by atoms with van der Waals surface area (Å²) in [4.78, 5) is 24.3. The molecule has 17 heavy (non-hydrogen) atoms. The number of likely N-dealkylation sites (N-methyl/N-ethyl adjacent to an activating group) is 1. The Bertz CT molecular complexity index is 436. The highest BCUT2D eigenvalue weighted by Crippen LogP contribution is 2.06. The largest absolute Gasteiger partial charge is 0.344 e. The molecule has 1 N–H and O–H groups in total. The van der Waals surface area contributed by atoms with E-state index in [2.05, 4.69) is 5.32 Å². The van der Waals surface area contributed by atoms with Crippen LogP contribution in [0.25, 0.3) is 6.08 Å². The summed E-state index contributed by atoms with van der Waals surface area (Å²) in [5, 5.41) is 2.54. The van der Waals surface area contributed by atoms with Gasteiger partial charge in [0.05, 0.1) is 0 Å². The maximum atomic E-state index is 11.8. The second-order valence-electron chi connectivity index (χ2n) is 3.85. The molecule has 0 aliphatic rings. The predicted molar refractivity (Wildman–Crippen MR) is 66.9 cm³/mol. The minimum Gasteiger partial charge on any atom is -0.344 e. The van der Waals surface area contributed by atoms with Gasteiger partial charge in [0.15, 0.2) is 0 Å². The zero-order valence-corrected chi connectivity index (χ0v) is 10.2. The molecule has 0 aliphatic carbocycles. The van der Waals surface area contributed by atoms with Crippen LogP contribution in [0.3, 0.4) is 0 Å². The van der Waals surface area contributed by atoms with E-state index in [4.69, 9.17) is 0 Å². The van der Waals surface area contributed by atoms with Gasteiger partial charge < -0.3 is 10.2 Å². The molecule has 0 aromatic heterocycles. The molecule has 0 saturated carbocycles. The van der Waals surface area contributed by atoms with Crippen LogP contribution in [0.2, 0.25) is 0 Å². The van der Waals surface area contributed by atoms with E-state index in [1.54, 1.807) is 20.2 Å². The third kappa shape index (κ3) is 4.10. The summed E-state index contributed by atoms with van der Waals surface area (Å²) in [6.07, 6.45) is 1.66. The van der Waals surface area contributed by atoms with Gasteiger partial charge in [-0.05, 0) is 11.6 Å². The topological polar surface area (TPSA) is 49.4 Å². The molecule has 0 radical (unpaired) electrons. The highest BCUT2D eigenvalue weighted by molar-refractivity contribution is 6.00. The number of nitrogens with zero attached hydrogens (tertiary/aromatic N) is 1. The van der Waals surface area contributed by atoms with Gasteiger partial charge in [-0.25, -0.2) is 0 Å². The van der Waals surface area contributed by atoms with Crippen molar-refractivity contribution in [3.63, 3.8) is 0 Å². The Morgan fingerprint density at radius 1 is 1.18 bits per heavy atom. The van der Waals surface area contributed by atoms with Gasteiger partial charge in [-0.3, -0.25) is 9.59 Å². The van der Waals surface area contributed by atoms with Crippen LogP contribution in [0.15, 0.2) is 36.0 Å². The lowest BCUT2D eigenvalue weighted by molar-refractivity contribution is -0.127. The smallest absolute Gasteiger partial charge is 0.269 e. The van der Waals surface area contributed by atoms with E-state index >= 15 is 0 Å². The fourth-order valence-electron chi connectivity index (χ4n) is 1.30. The highest BCUT2D eigenvalue weighted by atomic mass is 16.2. The highest BCUT2D eigenvalue weighted by Gasteiger charge is 2.12. The number of nitrogens with one attached hydrogen (secondary N) is 1. The van der Waals surface area contributed by atoms with Gasteiger partial charge in [-0.15, -0.1) is 0 Å². The maximum absolute atomic E-state index is 11.8. The molecule has 0 unspecified atom stereocenters. The summed E-state index contributed by atoms with van der Waals surface area (Å²) >= 11 is 0. The predicted octanol–water partition coefficient (Wildman–Crippen LogP) is 1.25. The molecule has 1 rings (SSSR count). The van der Waals surface area contributed by atoms with E-state index in [1.807, 2.05) is 30.3 Å². The summed E-state index contributed by atoms with van der Waals surface area (Å²) in [6.45, 7) is 1.38. The number of carbonyl (C=O) groups is 2. The second kappa shape index (κ2) is 5.84. The van der Waals surface area contributed by atoms with Crippen molar-refractivity contribution in [2.24, 2.45) is 0 Å². The molecule has 4 nitrogen and oxygen atoms in total. The van der Waals surface area contributed by atoms with Crippen molar-refractivity contribution in [3.05, 3.63) is 41.6 Å². The van der Waals surface area contributed by atoms with Gasteiger partial charge >= 0.3 is 0 Å². The quantitative estimate of drug-likeness (QED) is 0.797. The van der Waals surface area contributed by atoms with Crippen molar-refractivity contribution in [3.8, 4) is 0 Å². The molecular weight excluding hydrogens is 216 g/mol. The standard InChI is InChI=1S/C13H16N2O2/c1-10(16)14-12(13(17)15(2)3)9-11-7-5-4-6-8-11/h4-9H,1-3H3,(H,14,16)/b12-9+. The SMILES string of the molecule is CC(=O)N/C(=C/c1ccccc1)C(=O)N(C)C. The van der Waals surface area contributed by atoms with Crippen LogP contribution in [0.4, 0.5) is 0 Å². The van der Waals surface area contributed by atoms with Gasteiger partial charge in [-0.1, -0.05) is 30.3 Å². The zero-order valence-electron chi connectivity index (χ0n) is 10.2. The maximum Gasteiger partial charge on any atom is 0.269 e. The summed E-state index contributed by atoms with van der Waals surface area (Å²) in [7, 11) is 3.28. The Hall–Kier alpha value is -2.10. The fourth-order valence-corrected chi connectivity index (χ4v) is 1.30. The Labute approximate surface area is 101 Å². The van der Waals surface area contributed by atoms with Gasteiger partial charge in [-0.2, -0.15) is 0 Å². The molecule has 90 valence electrons. The van der Waals surface area contributed by atoms with Crippen molar-refractivity contribution < 1.29 is 9.59 Å². The average Bonchev–Trinajstić information content (AvgIpc) is 2.28. The number of rotatable bonds is 3. The molecule has 0 aliphatic heterocycles. The first-order valence-electron chi connectivity index (χ1n) is 5.26. The van der Waals surface area contributed by atoms with E-state index in [0.29, 0.717) is 0 Å². The monoisotopic (exact) mass is 232 g/mol. The van der Waals surface area contributed by atoms with Crippen LogP contribution in [-0.4, -0.2) is 30.8 Å². The summed E-state index contributed by atoms with van der Waals surface area (Å²) in [5.74, 6) is -0.494.